The Labute approximate surface area is 49.6 Å². The molecule has 0 amide bonds. The summed E-state index contributed by atoms with van der Waals surface area (Å²) in [6.07, 6.45) is 4.84. The minimum atomic E-state index is 0.551. The number of hydrogen-bond donors (Lipinski definition) is 0. The van der Waals surface area contributed by atoms with Gasteiger partial charge in [0.05, 0.1) is 6.61 Å². The Morgan fingerprint density at radius 1 is 1.88 bits per heavy atom. The van der Waals surface area contributed by atoms with Crippen LogP contribution in [-0.4, -0.2) is 12.5 Å². The third-order valence-electron chi connectivity index (χ3n) is 0.575. The van der Waals surface area contributed by atoms with E-state index in [1.165, 1.54) is 0 Å². The van der Waals surface area contributed by atoms with Crippen LogP contribution in [0.1, 0.15) is 13.8 Å². The van der Waals surface area contributed by atoms with Gasteiger partial charge in [0, 0.05) is 13.0 Å². The van der Waals surface area contributed by atoms with E-state index in [1.807, 2.05) is 6.92 Å². The first-order chi connectivity index (χ1) is 3.81. The Morgan fingerprint density at radius 3 is 2.88 bits per heavy atom. The van der Waals surface area contributed by atoms with E-state index in [9.17, 15) is 0 Å². The first-order valence-corrected chi connectivity index (χ1v) is 2.44. The first kappa shape index (κ1) is 7.03. The third-order valence-corrected chi connectivity index (χ3v) is 0.575. The fraction of sp³-hybridized carbons (Fsp3) is 0.500. The maximum Gasteiger partial charge on any atom is 0.193 e. The Kier molecular flexibility index (Phi) is 3.69. The summed E-state index contributed by atoms with van der Waals surface area (Å²) in [6.45, 7) is 4.23. The van der Waals surface area contributed by atoms with Gasteiger partial charge in [-0.05, 0) is 6.92 Å². The van der Waals surface area contributed by atoms with Crippen molar-refractivity contribution in [2.75, 3.05) is 6.61 Å². The smallest absolute Gasteiger partial charge is 0.193 e. The number of rotatable bonds is 1. The van der Waals surface area contributed by atoms with Crippen LogP contribution in [0.25, 0.3) is 0 Å². The van der Waals surface area contributed by atoms with Gasteiger partial charge in [0.25, 0.3) is 0 Å². The Balaban J connectivity index is 3.49. The van der Waals surface area contributed by atoms with E-state index in [2.05, 4.69) is 11.0 Å². The number of aliphatic imine (C=N–C) groups is 1. The topological polar surface area (TPSA) is 21.6 Å². The monoisotopic (exact) mass is 111 g/mol. The van der Waals surface area contributed by atoms with Crippen molar-refractivity contribution in [3.63, 3.8) is 0 Å². The molecule has 44 valence electrons. The van der Waals surface area contributed by atoms with Crippen LogP contribution in [0, 0.1) is 12.5 Å². The predicted octanol–water partition coefficient (Wildman–Crippen LogP) is 1.03. The summed E-state index contributed by atoms with van der Waals surface area (Å²) in [5.74, 6) is 0.551. The summed E-state index contributed by atoms with van der Waals surface area (Å²) in [5.41, 5.74) is 0. The normalized spacial score (nSPS) is 10.4. The van der Waals surface area contributed by atoms with Gasteiger partial charge in [-0.15, -0.1) is 0 Å². The van der Waals surface area contributed by atoms with Crippen LogP contribution >= 0.6 is 0 Å². The van der Waals surface area contributed by atoms with Crippen molar-refractivity contribution in [1.29, 1.82) is 0 Å². The highest BCUT2D eigenvalue weighted by Gasteiger charge is 1.81. The largest absolute Gasteiger partial charge is 0.481 e. The zero-order valence-electron chi connectivity index (χ0n) is 5.14. The highest BCUT2D eigenvalue weighted by atomic mass is 16.5. The van der Waals surface area contributed by atoms with E-state index in [0.717, 1.165) is 0 Å². The molecule has 8 heavy (non-hydrogen) atoms. The van der Waals surface area contributed by atoms with Gasteiger partial charge >= 0.3 is 0 Å². The van der Waals surface area contributed by atoms with Crippen LogP contribution in [0.15, 0.2) is 4.99 Å². The van der Waals surface area contributed by atoms with E-state index in [-0.39, 0.29) is 0 Å². The Hall–Kier alpha value is -0.970. The molecule has 0 unspecified atom stereocenters. The van der Waals surface area contributed by atoms with Gasteiger partial charge in [-0.25, -0.2) is 0 Å². The van der Waals surface area contributed by atoms with Gasteiger partial charge in [-0.2, -0.15) is 4.99 Å². The molecule has 0 atom stereocenters. The fourth-order valence-corrected chi connectivity index (χ4v) is 0.332. The molecular weight excluding hydrogens is 102 g/mol. The molecule has 0 radical (unpaired) electrons. The lowest BCUT2D eigenvalue weighted by Gasteiger charge is -1.95. The number of hydrogen-bond acceptors (Lipinski definition) is 2. The molecule has 0 spiro atoms. The molecule has 0 saturated carbocycles. The number of terminal acetylenes is 1. The molecule has 0 aromatic rings. The van der Waals surface area contributed by atoms with Gasteiger partial charge in [0.15, 0.2) is 5.90 Å². The second-order valence-corrected chi connectivity index (χ2v) is 1.19. The van der Waals surface area contributed by atoms with Crippen molar-refractivity contribution < 1.29 is 4.74 Å². The number of ether oxygens (including phenoxy) is 1. The molecule has 0 aliphatic carbocycles. The molecule has 0 heterocycles. The van der Waals surface area contributed by atoms with Gasteiger partial charge < -0.3 is 4.74 Å². The van der Waals surface area contributed by atoms with Crippen molar-refractivity contribution in [1.82, 2.24) is 0 Å². The molecule has 0 bridgehead atoms. The van der Waals surface area contributed by atoms with E-state index in [1.54, 1.807) is 6.92 Å². The molecule has 0 aliphatic rings. The SMILES string of the molecule is C#CN=C(C)OCC. The lowest BCUT2D eigenvalue weighted by atomic mass is 10.7. The fourth-order valence-electron chi connectivity index (χ4n) is 0.332. The van der Waals surface area contributed by atoms with Crippen LogP contribution in [0.5, 0.6) is 0 Å². The molecule has 0 N–H and O–H groups in total. The average Bonchev–Trinajstić information content (AvgIpc) is 1.68. The molecule has 0 aliphatic heterocycles. The molecular formula is C6H9NO. The van der Waals surface area contributed by atoms with Crippen LogP contribution in [0.3, 0.4) is 0 Å². The molecule has 0 rings (SSSR count). The second kappa shape index (κ2) is 4.20. The summed E-state index contributed by atoms with van der Waals surface area (Å²) >= 11 is 0. The summed E-state index contributed by atoms with van der Waals surface area (Å²) in [7, 11) is 0. The number of nitrogens with zero attached hydrogens (tertiary/aromatic N) is 1. The zero-order valence-corrected chi connectivity index (χ0v) is 5.14. The third kappa shape index (κ3) is 3.23. The van der Waals surface area contributed by atoms with Crippen molar-refractivity contribution >= 4 is 5.90 Å². The summed E-state index contributed by atoms with van der Waals surface area (Å²) in [4.78, 5) is 3.54. The van der Waals surface area contributed by atoms with Gasteiger partial charge in [0.2, 0.25) is 0 Å². The lowest BCUT2D eigenvalue weighted by Crippen LogP contribution is -1.96. The maximum absolute atomic E-state index is 4.89. The first-order valence-electron chi connectivity index (χ1n) is 2.44. The zero-order chi connectivity index (χ0) is 6.41. The maximum atomic E-state index is 4.89. The highest BCUT2D eigenvalue weighted by Crippen LogP contribution is 1.77. The van der Waals surface area contributed by atoms with Gasteiger partial charge in [-0.3, -0.25) is 0 Å². The standard InChI is InChI=1S/C6H9NO/c1-4-7-6(3)8-5-2/h1H,5H2,2-3H3. The van der Waals surface area contributed by atoms with E-state index < -0.39 is 0 Å². The second-order valence-electron chi connectivity index (χ2n) is 1.19. The molecule has 0 saturated heterocycles. The van der Waals surface area contributed by atoms with Gasteiger partial charge in [-0.1, -0.05) is 6.42 Å². The van der Waals surface area contributed by atoms with E-state index in [0.29, 0.717) is 12.5 Å². The Morgan fingerprint density at radius 2 is 2.50 bits per heavy atom. The summed E-state index contributed by atoms with van der Waals surface area (Å²) in [5, 5.41) is 0. The van der Waals surface area contributed by atoms with Crippen LogP contribution < -0.4 is 0 Å². The summed E-state index contributed by atoms with van der Waals surface area (Å²) in [6, 6.07) is 2.12. The Bertz CT molecular complexity index is 121. The molecule has 0 aromatic heterocycles. The van der Waals surface area contributed by atoms with E-state index >= 15 is 0 Å². The molecule has 0 fully saturated rings. The van der Waals surface area contributed by atoms with Gasteiger partial charge in [0.1, 0.15) is 0 Å². The highest BCUT2D eigenvalue weighted by molar-refractivity contribution is 5.74. The minimum absolute atomic E-state index is 0.551. The van der Waals surface area contributed by atoms with Crippen molar-refractivity contribution in [3.05, 3.63) is 0 Å². The van der Waals surface area contributed by atoms with Crippen molar-refractivity contribution in [3.8, 4) is 12.5 Å². The molecule has 2 heteroatoms. The van der Waals surface area contributed by atoms with Crippen molar-refractivity contribution in [2.24, 2.45) is 4.99 Å². The van der Waals surface area contributed by atoms with Crippen LogP contribution in [-0.2, 0) is 4.74 Å². The summed E-state index contributed by atoms with van der Waals surface area (Å²) < 4.78 is 4.89. The molecule has 2 nitrogen and oxygen atoms in total. The quantitative estimate of drug-likeness (QED) is 0.281. The van der Waals surface area contributed by atoms with E-state index in [4.69, 9.17) is 11.2 Å². The minimum Gasteiger partial charge on any atom is -0.481 e. The predicted molar refractivity (Wildman–Crippen MR) is 33.6 cm³/mol. The lowest BCUT2D eigenvalue weighted by molar-refractivity contribution is 0.325. The van der Waals surface area contributed by atoms with Crippen LogP contribution in [0.4, 0.5) is 0 Å². The van der Waals surface area contributed by atoms with Crippen LogP contribution in [0.2, 0.25) is 0 Å². The molecule has 0 aromatic carbocycles. The van der Waals surface area contributed by atoms with Crippen molar-refractivity contribution in [2.45, 2.75) is 13.8 Å². The average molecular weight is 111 g/mol.